The van der Waals surface area contributed by atoms with Gasteiger partial charge in [-0.3, -0.25) is 0 Å². The first-order chi connectivity index (χ1) is 7.54. The molecule has 1 aromatic carbocycles. The zero-order valence-electron chi connectivity index (χ0n) is 9.47. The zero-order chi connectivity index (χ0) is 11.8. The second-order valence-electron chi connectivity index (χ2n) is 4.68. The molecule has 0 bridgehead atoms. The van der Waals surface area contributed by atoms with Gasteiger partial charge in [-0.1, -0.05) is 25.0 Å². The van der Waals surface area contributed by atoms with Crippen LogP contribution in [0.3, 0.4) is 0 Å². The van der Waals surface area contributed by atoms with Gasteiger partial charge in [0.05, 0.1) is 0 Å². The summed E-state index contributed by atoms with van der Waals surface area (Å²) < 4.78 is 27.1. The van der Waals surface area contributed by atoms with Crippen molar-refractivity contribution in [3.05, 3.63) is 35.1 Å². The van der Waals surface area contributed by atoms with Crippen LogP contribution in [0.4, 0.5) is 8.78 Å². The molecule has 0 aliphatic heterocycles. The Morgan fingerprint density at radius 1 is 1.31 bits per heavy atom. The van der Waals surface area contributed by atoms with Gasteiger partial charge in [0.1, 0.15) is 12.0 Å². The van der Waals surface area contributed by atoms with Crippen LogP contribution in [0.1, 0.15) is 49.9 Å². The van der Waals surface area contributed by atoms with Gasteiger partial charge in [0, 0.05) is 11.1 Å². The molecule has 16 heavy (non-hydrogen) atoms. The molecule has 1 aliphatic rings. The Morgan fingerprint density at radius 3 is 2.50 bits per heavy atom. The number of benzene rings is 1. The average molecular weight is 225 g/mol. The van der Waals surface area contributed by atoms with Crippen molar-refractivity contribution in [2.45, 2.75) is 44.3 Å². The van der Waals surface area contributed by atoms with Gasteiger partial charge in [-0.25, -0.2) is 8.78 Å². The highest BCUT2D eigenvalue weighted by Gasteiger charge is 2.35. The lowest BCUT2D eigenvalue weighted by atomic mass is 9.84. The highest BCUT2D eigenvalue weighted by atomic mass is 19.1. The van der Waals surface area contributed by atoms with Crippen molar-refractivity contribution in [1.82, 2.24) is 0 Å². The minimum absolute atomic E-state index is 0.145. The van der Waals surface area contributed by atoms with Gasteiger partial charge in [0.15, 0.2) is 0 Å². The molecule has 1 atom stereocenters. The summed E-state index contributed by atoms with van der Waals surface area (Å²) in [6.07, 6.45) is 2.39. The fourth-order valence-corrected chi connectivity index (χ4v) is 2.65. The summed E-state index contributed by atoms with van der Waals surface area (Å²) in [5.74, 6) is -0.482. The quantitative estimate of drug-likeness (QED) is 0.817. The highest BCUT2D eigenvalue weighted by molar-refractivity contribution is 5.36. The minimum atomic E-state index is -1.31. The van der Waals surface area contributed by atoms with Crippen molar-refractivity contribution in [3.8, 4) is 0 Å². The predicted molar refractivity (Wildman–Crippen MR) is 60.3 cm³/mol. The van der Waals surface area contributed by atoms with E-state index in [9.17, 15) is 8.78 Å². The SMILES string of the molecule is CC(F)c1c(F)cccc1C1(N)CCCC1. The standard InChI is InChI=1S/C13H17F2N/c1-9(14)12-10(5-4-6-11(12)15)13(16)7-2-3-8-13/h4-6,9H,2-3,7-8,16H2,1H3. The van der Waals surface area contributed by atoms with E-state index in [1.807, 2.05) is 0 Å². The van der Waals surface area contributed by atoms with Gasteiger partial charge in [-0.15, -0.1) is 0 Å². The molecule has 1 saturated carbocycles. The maximum Gasteiger partial charge on any atom is 0.129 e. The Balaban J connectivity index is 2.51. The second-order valence-corrected chi connectivity index (χ2v) is 4.68. The molecule has 2 rings (SSSR count). The van der Waals surface area contributed by atoms with Crippen LogP contribution >= 0.6 is 0 Å². The largest absolute Gasteiger partial charge is 0.321 e. The van der Waals surface area contributed by atoms with E-state index in [0.717, 1.165) is 25.7 Å². The van der Waals surface area contributed by atoms with Crippen LogP contribution in [-0.4, -0.2) is 0 Å². The molecule has 0 aromatic heterocycles. The summed E-state index contributed by atoms with van der Waals surface area (Å²) in [4.78, 5) is 0. The molecule has 2 N–H and O–H groups in total. The number of hydrogen-bond acceptors (Lipinski definition) is 1. The molecular weight excluding hydrogens is 208 g/mol. The van der Waals surface area contributed by atoms with Crippen LogP contribution in [0.25, 0.3) is 0 Å². The Labute approximate surface area is 94.7 Å². The summed E-state index contributed by atoms with van der Waals surface area (Å²) in [5, 5.41) is 0. The van der Waals surface area contributed by atoms with Crippen molar-refractivity contribution in [3.63, 3.8) is 0 Å². The van der Waals surface area contributed by atoms with E-state index < -0.39 is 17.5 Å². The van der Waals surface area contributed by atoms with E-state index in [0.29, 0.717) is 5.56 Å². The van der Waals surface area contributed by atoms with Crippen LogP contribution < -0.4 is 5.73 Å². The van der Waals surface area contributed by atoms with Crippen LogP contribution in [-0.2, 0) is 5.54 Å². The van der Waals surface area contributed by atoms with Crippen molar-refractivity contribution < 1.29 is 8.78 Å². The highest BCUT2D eigenvalue weighted by Crippen LogP contribution is 2.40. The van der Waals surface area contributed by atoms with Crippen molar-refractivity contribution >= 4 is 0 Å². The van der Waals surface area contributed by atoms with Crippen molar-refractivity contribution in [1.29, 1.82) is 0 Å². The van der Waals surface area contributed by atoms with Crippen LogP contribution in [0.15, 0.2) is 18.2 Å². The number of rotatable bonds is 2. The Bertz CT molecular complexity index is 382. The normalized spacial score (nSPS) is 21.0. The van der Waals surface area contributed by atoms with Crippen LogP contribution in [0.2, 0.25) is 0 Å². The molecule has 1 fully saturated rings. The lowest BCUT2D eigenvalue weighted by Crippen LogP contribution is -2.34. The molecule has 0 saturated heterocycles. The fraction of sp³-hybridized carbons (Fsp3) is 0.538. The first-order valence-corrected chi connectivity index (χ1v) is 5.76. The van der Waals surface area contributed by atoms with Gasteiger partial charge in [0.25, 0.3) is 0 Å². The Hall–Kier alpha value is -0.960. The van der Waals surface area contributed by atoms with E-state index in [1.165, 1.54) is 13.0 Å². The smallest absolute Gasteiger partial charge is 0.129 e. The Morgan fingerprint density at radius 2 is 1.94 bits per heavy atom. The number of halogens is 2. The lowest BCUT2D eigenvalue weighted by Gasteiger charge is -2.27. The number of hydrogen-bond donors (Lipinski definition) is 1. The first kappa shape index (κ1) is 11.5. The number of alkyl halides is 1. The molecule has 0 heterocycles. The van der Waals surface area contributed by atoms with Gasteiger partial charge in [-0.05, 0) is 31.4 Å². The summed E-state index contributed by atoms with van der Waals surface area (Å²) >= 11 is 0. The van der Waals surface area contributed by atoms with E-state index >= 15 is 0 Å². The van der Waals surface area contributed by atoms with E-state index in [-0.39, 0.29) is 5.56 Å². The summed E-state index contributed by atoms with van der Waals surface area (Å²) in [5.41, 5.74) is 6.52. The average Bonchev–Trinajstić information content (AvgIpc) is 2.65. The van der Waals surface area contributed by atoms with Gasteiger partial charge in [-0.2, -0.15) is 0 Å². The lowest BCUT2D eigenvalue weighted by molar-refractivity contribution is 0.346. The molecule has 1 nitrogen and oxygen atoms in total. The minimum Gasteiger partial charge on any atom is -0.321 e. The van der Waals surface area contributed by atoms with Crippen LogP contribution in [0.5, 0.6) is 0 Å². The predicted octanol–water partition coefficient (Wildman–Crippen LogP) is 3.58. The van der Waals surface area contributed by atoms with Crippen LogP contribution in [0, 0.1) is 5.82 Å². The molecule has 0 amide bonds. The molecule has 0 radical (unpaired) electrons. The molecular formula is C13H17F2N. The topological polar surface area (TPSA) is 26.0 Å². The third-order valence-corrected chi connectivity index (χ3v) is 3.48. The van der Waals surface area contributed by atoms with Crippen molar-refractivity contribution in [2.24, 2.45) is 5.73 Å². The molecule has 1 aromatic rings. The maximum absolute atomic E-state index is 13.6. The molecule has 1 aliphatic carbocycles. The Kier molecular flexibility index (Phi) is 2.98. The second kappa shape index (κ2) is 4.13. The molecule has 88 valence electrons. The summed E-state index contributed by atoms with van der Waals surface area (Å²) in [6.45, 7) is 1.36. The van der Waals surface area contributed by atoms with Gasteiger partial charge in [0.2, 0.25) is 0 Å². The summed E-state index contributed by atoms with van der Waals surface area (Å²) in [6, 6.07) is 4.68. The van der Waals surface area contributed by atoms with E-state index in [4.69, 9.17) is 5.73 Å². The molecule has 0 spiro atoms. The zero-order valence-corrected chi connectivity index (χ0v) is 9.47. The maximum atomic E-state index is 13.6. The third-order valence-electron chi connectivity index (χ3n) is 3.48. The third kappa shape index (κ3) is 1.84. The van der Waals surface area contributed by atoms with Gasteiger partial charge < -0.3 is 5.73 Å². The monoisotopic (exact) mass is 225 g/mol. The number of nitrogens with two attached hydrogens (primary N) is 1. The summed E-state index contributed by atoms with van der Waals surface area (Å²) in [7, 11) is 0. The first-order valence-electron chi connectivity index (χ1n) is 5.76. The fourth-order valence-electron chi connectivity index (χ4n) is 2.65. The van der Waals surface area contributed by atoms with Gasteiger partial charge >= 0.3 is 0 Å². The van der Waals surface area contributed by atoms with Crippen molar-refractivity contribution in [2.75, 3.05) is 0 Å². The molecule has 1 unspecified atom stereocenters. The van der Waals surface area contributed by atoms with E-state index in [2.05, 4.69) is 0 Å². The molecule has 3 heteroatoms. The van der Waals surface area contributed by atoms with E-state index in [1.54, 1.807) is 12.1 Å².